The summed E-state index contributed by atoms with van der Waals surface area (Å²) >= 11 is 0. The Kier molecular flexibility index (Phi) is 5.83. The van der Waals surface area contributed by atoms with Gasteiger partial charge in [-0.25, -0.2) is 8.78 Å². The predicted molar refractivity (Wildman–Crippen MR) is 94.9 cm³/mol. The summed E-state index contributed by atoms with van der Waals surface area (Å²) in [4.78, 5) is 37.4. The van der Waals surface area contributed by atoms with Crippen molar-refractivity contribution in [3.8, 4) is 5.75 Å². The number of rotatable bonds is 5. The number of anilines is 2. The normalized spacial score (nSPS) is 13.2. The number of fused-ring (bicyclic) bond motifs is 1. The number of carbonyl (C=O) groups excluding carboxylic acids is 3. The zero-order chi connectivity index (χ0) is 20.1. The molecule has 0 radical (unpaired) electrons. The van der Waals surface area contributed by atoms with E-state index < -0.39 is 36.7 Å². The Morgan fingerprint density at radius 3 is 2.75 bits per heavy atom. The van der Waals surface area contributed by atoms with Crippen molar-refractivity contribution in [3.63, 3.8) is 0 Å². The van der Waals surface area contributed by atoms with Crippen LogP contribution in [0.2, 0.25) is 0 Å². The van der Waals surface area contributed by atoms with Gasteiger partial charge in [0.2, 0.25) is 5.91 Å². The van der Waals surface area contributed by atoms with Crippen molar-refractivity contribution >= 4 is 29.2 Å². The van der Waals surface area contributed by atoms with E-state index in [2.05, 4.69) is 5.32 Å². The second-order valence-electron chi connectivity index (χ2n) is 5.88. The molecule has 7 nitrogen and oxygen atoms in total. The zero-order valence-corrected chi connectivity index (χ0v) is 14.6. The quantitative estimate of drug-likeness (QED) is 0.792. The third-order valence-corrected chi connectivity index (χ3v) is 3.89. The molecule has 2 amide bonds. The van der Waals surface area contributed by atoms with Gasteiger partial charge in [-0.3, -0.25) is 19.3 Å². The molecule has 28 heavy (non-hydrogen) atoms. The maximum Gasteiger partial charge on any atom is 0.326 e. The second-order valence-corrected chi connectivity index (χ2v) is 5.88. The Bertz CT molecular complexity index is 919. The van der Waals surface area contributed by atoms with Gasteiger partial charge in [-0.1, -0.05) is 12.1 Å². The highest BCUT2D eigenvalue weighted by Gasteiger charge is 2.25. The number of hydrogen-bond acceptors (Lipinski definition) is 5. The first kappa shape index (κ1) is 19.3. The molecule has 1 aliphatic heterocycles. The van der Waals surface area contributed by atoms with Crippen LogP contribution in [0.3, 0.4) is 0 Å². The average molecular weight is 390 g/mol. The molecule has 1 aliphatic rings. The molecule has 0 atom stereocenters. The van der Waals surface area contributed by atoms with Crippen molar-refractivity contribution in [1.82, 2.24) is 0 Å². The predicted octanol–water partition coefficient (Wildman–Crippen LogP) is 2.26. The van der Waals surface area contributed by atoms with Crippen molar-refractivity contribution in [1.29, 1.82) is 0 Å². The van der Waals surface area contributed by atoms with E-state index in [1.165, 1.54) is 4.90 Å². The minimum absolute atomic E-state index is 0.0896. The first-order valence-corrected chi connectivity index (χ1v) is 8.37. The van der Waals surface area contributed by atoms with Gasteiger partial charge in [-0.15, -0.1) is 0 Å². The SMILES string of the molecule is O=C(COC(=O)CN1C(=O)CCOc2ccccc21)Nc1ccc(F)cc1F. The molecule has 0 bridgehead atoms. The highest BCUT2D eigenvalue weighted by molar-refractivity contribution is 6.00. The monoisotopic (exact) mass is 390 g/mol. The van der Waals surface area contributed by atoms with Crippen LogP contribution >= 0.6 is 0 Å². The van der Waals surface area contributed by atoms with Gasteiger partial charge in [0.15, 0.2) is 6.61 Å². The van der Waals surface area contributed by atoms with E-state index in [1.54, 1.807) is 24.3 Å². The van der Waals surface area contributed by atoms with Gasteiger partial charge in [-0.05, 0) is 24.3 Å². The van der Waals surface area contributed by atoms with Crippen LogP contribution in [0.5, 0.6) is 5.75 Å². The van der Waals surface area contributed by atoms with Crippen LogP contribution in [-0.4, -0.2) is 37.5 Å². The van der Waals surface area contributed by atoms with Crippen LogP contribution in [-0.2, 0) is 19.1 Å². The first-order chi connectivity index (χ1) is 13.4. The number of nitrogens with zero attached hydrogens (tertiary/aromatic N) is 1. The molecule has 1 N–H and O–H groups in total. The molecule has 2 aromatic rings. The molecule has 9 heteroatoms. The summed E-state index contributed by atoms with van der Waals surface area (Å²) in [7, 11) is 0. The van der Waals surface area contributed by atoms with E-state index in [0.717, 1.165) is 12.1 Å². The summed E-state index contributed by atoms with van der Waals surface area (Å²) in [5.41, 5.74) is 0.191. The van der Waals surface area contributed by atoms with Crippen LogP contribution in [0.1, 0.15) is 6.42 Å². The minimum atomic E-state index is -0.952. The molecular weight excluding hydrogens is 374 g/mol. The molecule has 0 aromatic heterocycles. The third kappa shape index (κ3) is 4.61. The first-order valence-electron chi connectivity index (χ1n) is 8.37. The standard InChI is InChI=1S/C19H16F2N2O5/c20-12-5-6-14(13(21)9-12)22-17(24)11-28-19(26)10-23-15-3-1-2-4-16(15)27-8-7-18(23)25/h1-6,9H,7-8,10-11H2,(H,22,24). The fraction of sp³-hybridized carbons (Fsp3) is 0.211. The molecule has 146 valence electrons. The number of carbonyl (C=O) groups is 3. The summed E-state index contributed by atoms with van der Waals surface area (Å²) in [5.74, 6) is -3.21. The van der Waals surface area contributed by atoms with E-state index in [4.69, 9.17) is 9.47 Å². The lowest BCUT2D eigenvalue weighted by atomic mass is 10.2. The Labute approximate surface area is 158 Å². The van der Waals surface area contributed by atoms with Crippen LogP contribution in [0.15, 0.2) is 42.5 Å². The van der Waals surface area contributed by atoms with Gasteiger partial charge in [0, 0.05) is 6.07 Å². The largest absolute Gasteiger partial charge is 0.491 e. The molecule has 2 aromatic carbocycles. The lowest BCUT2D eigenvalue weighted by Gasteiger charge is -2.20. The lowest BCUT2D eigenvalue weighted by molar-refractivity contribution is -0.146. The molecule has 3 rings (SSSR count). The van der Waals surface area contributed by atoms with E-state index in [-0.39, 0.29) is 24.6 Å². The van der Waals surface area contributed by atoms with Gasteiger partial charge < -0.3 is 14.8 Å². The number of hydrogen-bond donors (Lipinski definition) is 1. The van der Waals surface area contributed by atoms with Crippen molar-refractivity contribution in [2.24, 2.45) is 0 Å². The van der Waals surface area contributed by atoms with Gasteiger partial charge in [0.05, 0.1) is 24.4 Å². The highest BCUT2D eigenvalue weighted by atomic mass is 19.1. The van der Waals surface area contributed by atoms with Gasteiger partial charge in [-0.2, -0.15) is 0 Å². The average Bonchev–Trinajstić information content (AvgIpc) is 2.82. The van der Waals surface area contributed by atoms with Crippen LogP contribution in [0, 0.1) is 11.6 Å². The maximum atomic E-state index is 13.5. The second kappa shape index (κ2) is 8.47. The molecular formula is C19H16F2N2O5. The highest BCUT2D eigenvalue weighted by Crippen LogP contribution is 2.30. The molecule has 0 fully saturated rings. The number of para-hydroxylation sites is 2. The van der Waals surface area contributed by atoms with E-state index in [9.17, 15) is 23.2 Å². The van der Waals surface area contributed by atoms with E-state index >= 15 is 0 Å². The Morgan fingerprint density at radius 1 is 1.18 bits per heavy atom. The van der Waals surface area contributed by atoms with Crippen molar-refractivity contribution < 1.29 is 32.6 Å². The Morgan fingerprint density at radius 2 is 1.96 bits per heavy atom. The van der Waals surface area contributed by atoms with Gasteiger partial charge in [0.1, 0.15) is 23.9 Å². The Balaban J connectivity index is 1.58. The molecule has 0 unspecified atom stereocenters. The molecule has 0 aliphatic carbocycles. The number of benzene rings is 2. The topological polar surface area (TPSA) is 84.9 Å². The smallest absolute Gasteiger partial charge is 0.326 e. The fourth-order valence-corrected chi connectivity index (χ4v) is 2.59. The third-order valence-electron chi connectivity index (χ3n) is 3.89. The number of ether oxygens (including phenoxy) is 2. The number of esters is 1. The van der Waals surface area contributed by atoms with Crippen molar-refractivity contribution in [2.45, 2.75) is 6.42 Å². The summed E-state index contributed by atoms with van der Waals surface area (Å²) in [6.45, 7) is -0.903. The van der Waals surface area contributed by atoms with Crippen molar-refractivity contribution in [2.75, 3.05) is 30.0 Å². The van der Waals surface area contributed by atoms with Crippen LogP contribution in [0.25, 0.3) is 0 Å². The van der Waals surface area contributed by atoms with Gasteiger partial charge in [0.25, 0.3) is 5.91 Å². The lowest BCUT2D eigenvalue weighted by Crippen LogP contribution is -2.37. The number of nitrogens with one attached hydrogen (secondary N) is 1. The summed E-state index contributed by atoms with van der Waals surface area (Å²) in [6.07, 6.45) is 0.0896. The summed E-state index contributed by atoms with van der Waals surface area (Å²) in [5, 5.41) is 2.17. The maximum absolute atomic E-state index is 13.5. The van der Waals surface area contributed by atoms with E-state index in [1.807, 2.05) is 0 Å². The van der Waals surface area contributed by atoms with E-state index in [0.29, 0.717) is 17.5 Å². The van der Waals surface area contributed by atoms with Crippen LogP contribution < -0.4 is 15.0 Å². The summed E-state index contributed by atoms with van der Waals surface area (Å²) in [6, 6.07) is 9.40. The van der Waals surface area contributed by atoms with Gasteiger partial charge >= 0.3 is 5.97 Å². The number of amides is 2. The molecule has 0 saturated heterocycles. The zero-order valence-electron chi connectivity index (χ0n) is 14.6. The number of halogens is 2. The Hall–Kier alpha value is -3.49. The molecule has 0 saturated carbocycles. The molecule has 1 heterocycles. The fourth-order valence-electron chi connectivity index (χ4n) is 2.59. The molecule has 0 spiro atoms. The summed E-state index contributed by atoms with van der Waals surface area (Å²) < 4.78 is 36.7. The van der Waals surface area contributed by atoms with Crippen LogP contribution in [0.4, 0.5) is 20.2 Å². The van der Waals surface area contributed by atoms with Crippen molar-refractivity contribution in [3.05, 3.63) is 54.1 Å². The minimum Gasteiger partial charge on any atom is -0.491 e.